The molecule has 24 heavy (non-hydrogen) atoms. The van der Waals surface area contributed by atoms with Crippen LogP contribution in [0.4, 0.5) is 0 Å². The van der Waals surface area contributed by atoms with Crippen molar-refractivity contribution < 1.29 is 14.3 Å². The van der Waals surface area contributed by atoms with Gasteiger partial charge < -0.3 is 15.8 Å². The average Bonchev–Trinajstić information content (AvgIpc) is 2.54. The van der Waals surface area contributed by atoms with Crippen LogP contribution in [0.5, 0.6) is 5.75 Å². The summed E-state index contributed by atoms with van der Waals surface area (Å²) in [4.78, 5) is 23.4. The number of hydrogen-bond donors (Lipinski definition) is 2. The Kier molecular flexibility index (Phi) is 6.06. The maximum absolute atomic E-state index is 12.0. The summed E-state index contributed by atoms with van der Waals surface area (Å²) >= 11 is 11.7. The van der Waals surface area contributed by atoms with Gasteiger partial charge in [-0.3, -0.25) is 9.59 Å². The number of primary amides is 1. The van der Waals surface area contributed by atoms with E-state index in [1.165, 1.54) is 12.1 Å². The highest BCUT2D eigenvalue weighted by atomic mass is 35.5. The van der Waals surface area contributed by atoms with E-state index in [0.717, 1.165) is 5.56 Å². The topological polar surface area (TPSA) is 81.4 Å². The van der Waals surface area contributed by atoms with Gasteiger partial charge in [0, 0.05) is 10.0 Å². The fourth-order valence-electron chi connectivity index (χ4n) is 2.08. The fourth-order valence-corrected chi connectivity index (χ4v) is 2.38. The van der Waals surface area contributed by atoms with E-state index in [9.17, 15) is 9.59 Å². The minimum atomic E-state index is -0.678. The molecule has 2 aromatic rings. The molecular weight excluding hydrogens is 351 g/mol. The van der Waals surface area contributed by atoms with Crippen molar-refractivity contribution >= 4 is 35.0 Å². The van der Waals surface area contributed by atoms with E-state index in [1.807, 2.05) is 19.1 Å². The van der Waals surface area contributed by atoms with E-state index >= 15 is 0 Å². The molecule has 1 atom stereocenters. The van der Waals surface area contributed by atoms with Gasteiger partial charge in [-0.15, -0.1) is 0 Å². The Morgan fingerprint density at radius 3 is 2.38 bits per heavy atom. The van der Waals surface area contributed by atoms with Crippen molar-refractivity contribution in [2.24, 2.45) is 5.73 Å². The highest BCUT2D eigenvalue weighted by molar-refractivity contribution is 6.31. The molecule has 126 valence electrons. The number of ether oxygens (including phenoxy) is 1. The van der Waals surface area contributed by atoms with Crippen LogP contribution in [-0.4, -0.2) is 18.4 Å². The van der Waals surface area contributed by atoms with Gasteiger partial charge in [0.15, 0.2) is 6.61 Å². The predicted octanol–water partition coefficient (Wildman–Crippen LogP) is 3.35. The molecule has 0 aliphatic rings. The lowest BCUT2D eigenvalue weighted by Gasteiger charge is -2.15. The first-order chi connectivity index (χ1) is 11.4. The number of nitrogens with one attached hydrogen (secondary N) is 1. The number of hydrogen-bond acceptors (Lipinski definition) is 3. The molecule has 0 fully saturated rings. The van der Waals surface area contributed by atoms with E-state index in [2.05, 4.69) is 5.32 Å². The van der Waals surface area contributed by atoms with Gasteiger partial charge in [-0.2, -0.15) is 0 Å². The molecule has 0 spiro atoms. The van der Waals surface area contributed by atoms with Crippen molar-refractivity contribution in [3.63, 3.8) is 0 Å². The van der Waals surface area contributed by atoms with Crippen molar-refractivity contribution in [3.8, 4) is 5.75 Å². The van der Waals surface area contributed by atoms with Crippen LogP contribution in [0.3, 0.4) is 0 Å². The SMILES string of the molecule is C[C@H](NC(=O)COc1ccc(Cl)cc1C(N)=O)c1ccc(Cl)cc1. The molecule has 2 amide bonds. The summed E-state index contributed by atoms with van der Waals surface area (Å²) in [5.74, 6) is -0.800. The van der Waals surface area contributed by atoms with E-state index in [-0.39, 0.29) is 29.9 Å². The maximum Gasteiger partial charge on any atom is 0.258 e. The molecule has 0 saturated heterocycles. The molecule has 2 aromatic carbocycles. The second kappa shape index (κ2) is 8.04. The Bertz CT molecular complexity index is 748. The van der Waals surface area contributed by atoms with E-state index in [0.29, 0.717) is 10.0 Å². The third-order valence-electron chi connectivity index (χ3n) is 3.31. The zero-order valence-electron chi connectivity index (χ0n) is 12.9. The summed E-state index contributed by atoms with van der Waals surface area (Å²) < 4.78 is 5.38. The molecule has 0 heterocycles. The second-order valence-electron chi connectivity index (χ2n) is 5.13. The maximum atomic E-state index is 12.0. The van der Waals surface area contributed by atoms with Crippen molar-refractivity contribution in [1.29, 1.82) is 0 Å². The first-order valence-electron chi connectivity index (χ1n) is 7.14. The highest BCUT2D eigenvalue weighted by Crippen LogP contribution is 2.22. The summed E-state index contributed by atoms with van der Waals surface area (Å²) in [6.07, 6.45) is 0. The smallest absolute Gasteiger partial charge is 0.258 e. The first-order valence-corrected chi connectivity index (χ1v) is 7.89. The third kappa shape index (κ3) is 4.88. The summed E-state index contributed by atoms with van der Waals surface area (Å²) in [5, 5.41) is 3.78. The molecule has 0 unspecified atom stereocenters. The van der Waals surface area contributed by atoms with E-state index < -0.39 is 5.91 Å². The highest BCUT2D eigenvalue weighted by Gasteiger charge is 2.14. The molecule has 2 rings (SSSR count). The van der Waals surface area contributed by atoms with E-state index in [4.69, 9.17) is 33.7 Å². The summed E-state index contributed by atoms with van der Waals surface area (Å²) in [5.41, 5.74) is 6.31. The molecule has 0 saturated carbocycles. The van der Waals surface area contributed by atoms with Crippen LogP contribution >= 0.6 is 23.2 Å². The van der Waals surface area contributed by atoms with Crippen molar-refractivity contribution in [2.75, 3.05) is 6.61 Å². The van der Waals surface area contributed by atoms with Crippen LogP contribution in [0.15, 0.2) is 42.5 Å². The lowest BCUT2D eigenvalue weighted by atomic mass is 10.1. The Balaban J connectivity index is 1.96. The molecule has 0 aliphatic carbocycles. The predicted molar refractivity (Wildman–Crippen MR) is 93.5 cm³/mol. The molecule has 0 aliphatic heterocycles. The quantitative estimate of drug-likeness (QED) is 0.822. The average molecular weight is 367 g/mol. The molecule has 0 radical (unpaired) electrons. The van der Waals surface area contributed by atoms with Crippen LogP contribution in [-0.2, 0) is 4.79 Å². The summed E-state index contributed by atoms with van der Waals surface area (Å²) in [6.45, 7) is 1.60. The van der Waals surface area contributed by atoms with Crippen LogP contribution in [0.1, 0.15) is 28.9 Å². The number of nitrogens with two attached hydrogens (primary N) is 1. The number of carbonyl (C=O) groups excluding carboxylic acids is 2. The van der Waals surface area contributed by atoms with Crippen LogP contribution in [0.25, 0.3) is 0 Å². The zero-order valence-corrected chi connectivity index (χ0v) is 14.4. The lowest BCUT2D eigenvalue weighted by Crippen LogP contribution is -2.31. The standard InChI is InChI=1S/C17H16Cl2N2O3/c1-10(11-2-4-12(18)5-3-11)21-16(22)9-24-15-7-6-13(19)8-14(15)17(20)23/h2-8,10H,9H2,1H3,(H2,20,23)(H,21,22)/t10-/m0/s1. The van der Waals surface area contributed by atoms with Crippen molar-refractivity contribution in [2.45, 2.75) is 13.0 Å². The summed E-state index contributed by atoms with van der Waals surface area (Å²) in [6, 6.07) is 11.4. The normalized spacial score (nSPS) is 11.6. The molecular formula is C17H16Cl2N2O3. The van der Waals surface area contributed by atoms with Gasteiger partial charge in [0.1, 0.15) is 5.75 Å². The van der Waals surface area contributed by atoms with Crippen molar-refractivity contribution in [1.82, 2.24) is 5.32 Å². The number of amides is 2. The largest absolute Gasteiger partial charge is 0.483 e. The minimum Gasteiger partial charge on any atom is -0.483 e. The Labute approximate surface area is 149 Å². The first kappa shape index (κ1) is 18.1. The lowest BCUT2D eigenvalue weighted by molar-refractivity contribution is -0.123. The van der Waals surface area contributed by atoms with Gasteiger partial charge >= 0.3 is 0 Å². The van der Waals surface area contributed by atoms with Gasteiger partial charge in [0.2, 0.25) is 0 Å². The zero-order chi connectivity index (χ0) is 17.7. The van der Waals surface area contributed by atoms with Crippen LogP contribution in [0.2, 0.25) is 10.0 Å². The molecule has 0 aromatic heterocycles. The van der Waals surface area contributed by atoms with Gasteiger partial charge in [0.05, 0.1) is 11.6 Å². The number of halogens is 2. The van der Waals surface area contributed by atoms with Crippen molar-refractivity contribution in [3.05, 3.63) is 63.6 Å². The number of rotatable bonds is 6. The van der Waals surface area contributed by atoms with E-state index in [1.54, 1.807) is 18.2 Å². The monoisotopic (exact) mass is 366 g/mol. The second-order valence-corrected chi connectivity index (χ2v) is 6.01. The fraction of sp³-hybridized carbons (Fsp3) is 0.176. The molecule has 7 heteroatoms. The van der Waals surface area contributed by atoms with Gasteiger partial charge in [-0.25, -0.2) is 0 Å². The Morgan fingerprint density at radius 2 is 1.75 bits per heavy atom. The summed E-state index contributed by atoms with van der Waals surface area (Å²) in [7, 11) is 0. The van der Waals surface area contributed by atoms with Crippen LogP contribution in [0, 0.1) is 0 Å². The van der Waals surface area contributed by atoms with Gasteiger partial charge in [-0.05, 0) is 42.8 Å². The number of benzene rings is 2. The van der Waals surface area contributed by atoms with Gasteiger partial charge in [0.25, 0.3) is 11.8 Å². The van der Waals surface area contributed by atoms with Gasteiger partial charge in [-0.1, -0.05) is 35.3 Å². The Hall–Kier alpha value is -2.24. The Morgan fingerprint density at radius 1 is 1.12 bits per heavy atom. The molecule has 3 N–H and O–H groups in total. The minimum absolute atomic E-state index is 0.126. The number of carbonyl (C=O) groups is 2. The third-order valence-corrected chi connectivity index (χ3v) is 3.80. The van der Waals surface area contributed by atoms with Crippen LogP contribution < -0.4 is 15.8 Å². The molecule has 0 bridgehead atoms. The molecule has 5 nitrogen and oxygen atoms in total.